The first-order valence-corrected chi connectivity index (χ1v) is 6.82. The number of nitrogens with one attached hydrogen (secondary N) is 1. The number of carbonyl (C=O) groups excluding carboxylic acids is 1. The van der Waals surface area contributed by atoms with Crippen molar-refractivity contribution in [3.8, 4) is 0 Å². The molecule has 0 saturated carbocycles. The molecule has 0 radical (unpaired) electrons. The van der Waals surface area contributed by atoms with Gasteiger partial charge in [-0.15, -0.1) is 0 Å². The highest BCUT2D eigenvalue weighted by Gasteiger charge is 2.27. The smallest absolute Gasteiger partial charge is 0.246 e. The number of sulfonamides is 1. The van der Waals surface area contributed by atoms with Gasteiger partial charge in [0.15, 0.2) is 0 Å². The number of amides is 1. The first kappa shape index (κ1) is 14.6. The van der Waals surface area contributed by atoms with Crippen LogP contribution in [0.4, 0.5) is 4.39 Å². The SMILES string of the molecule is CCN(CC(=O)NC)S(=O)(=O)c1ccccc1F. The summed E-state index contributed by atoms with van der Waals surface area (Å²) in [6.45, 7) is 1.34. The molecule has 0 aliphatic carbocycles. The molecule has 0 heterocycles. The Morgan fingerprint density at radius 3 is 2.50 bits per heavy atom. The minimum Gasteiger partial charge on any atom is -0.358 e. The predicted octanol–water partition coefficient (Wildman–Crippen LogP) is 0.582. The molecule has 0 aromatic heterocycles. The van der Waals surface area contributed by atoms with Gasteiger partial charge in [-0.05, 0) is 12.1 Å². The summed E-state index contributed by atoms with van der Waals surface area (Å²) in [6, 6.07) is 5.09. The molecule has 0 atom stereocenters. The van der Waals surface area contributed by atoms with Crippen LogP contribution in [0, 0.1) is 5.82 Å². The number of rotatable bonds is 5. The van der Waals surface area contributed by atoms with Crippen LogP contribution in [0.1, 0.15) is 6.92 Å². The van der Waals surface area contributed by atoms with E-state index in [9.17, 15) is 17.6 Å². The summed E-state index contributed by atoms with van der Waals surface area (Å²) in [5, 5.41) is 2.33. The van der Waals surface area contributed by atoms with Gasteiger partial charge in [0.25, 0.3) is 0 Å². The molecular formula is C11H15FN2O3S. The number of hydrogen-bond donors (Lipinski definition) is 1. The Morgan fingerprint density at radius 2 is 2.00 bits per heavy atom. The van der Waals surface area contributed by atoms with Crippen LogP contribution in [0.3, 0.4) is 0 Å². The molecule has 0 bridgehead atoms. The molecule has 1 rings (SSSR count). The van der Waals surface area contributed by atoms with Gasteiger partial charge in [-0.3, -0.25) is 4.79 Å². The summed E-state index contributed by atoms with van der Waals surface area (Å²) < 4.78 is 38.7. The number of halogens is 1. The third-order valence-corrected chi connectivity index (χ3v) is 4.36. The minimum atomic E-state index is -3.99. The molecule has 1 N–H and O–H groups in total. The second-order valence-corrected chi connectivity index (χ2v) is 5.44. The number of nitrogens with zero attached hydrogens (tertiary/aromatic N) is 1. The molecular weight excluding hydrogens is 259 g/mol. The molecule has 1 aromatic carbocycles. The standard InChI is InChI=1S/C11H15FN2O3S/c1-3-14(8-11(15)13-2)18(16,17)10-7-5-4-6-9(10)12/h4-7H,3,8H2,1-2H3,(H,13,15). The van der Waals surface area contributed by atoms with E-state index in [-0.39, 0.29) is 13.1 Å². The average molecular weight is 274 g/mol. The van der Waals surface area contributed by atoms with Gasteiger partial charge in [0.05, 0.1) is 6.54 Å². The van der Waals surface area contributed by atoms with Crippen molar-refractivity contribution in [3.05, 3.63) is 30.1 Å². The molecule has 0 saturated heterocycles. The van der Waals surface area contributed by atoms with Gasteiger partial charge >= 0.3 is 0 Å². The minimum absolute atomic E-state index is 0.0874. The van der Waals surface area contributed by atoms with Crippen molar-refractivity contribution in [1.82, 2.24) is 9.62 Å². The second-order valence-electron chi connectivity index (χ2n) is 3.53. The van der Waals surface area contributed by atoms with Crippen LogP contribution in [0.15, 0.2) is 29.2 Å². The molecule has 0 spiro atoms. The van der Waals surface area contributed by atoms with Crippen molar-refractivity contribution in [1.29, 1.82) is 0 Å². The highest BCUT2D eigenvalue weighted by Crippen LogP contribution is 2.18. The third-order valence-electron chi connectivity index (χ3n) is 2.41. The zero-order chi connectivity index (χ0) is 13.8. The normalized spacial score (nSPS) is 11.6. The summed E-state index contributed by atoms with van der Waals surface area (Å²) in [4.78, 5) is 10.8. The Kier molecular flexibility index (Phi) is 4.80. The largest absolute Gasteiger partial charge is 0.358 e. The van der Waals surface area contributed by atoms with Crippen LogP contribution < -0.4 is 5.32 Å². The van der Waals surface area contributed by atoms with Gasteiger partial charge in [0.2, 0.25) is 15.9 Å². The summed E-state index contributed by atoms with van der Waals surface area (Å²) >= 11 is 0. The quantitative estimate of drug-likeness (QED) is 0.854. The zero-order valence-corrected chi connectivity index (χ0v) is 11.0. The first-order chi connectivity index (χ1) is 8.43. The van der Waals surface area contributed by atoms with Crippen LogP contribution in [0.2, 0.25) is 0 Å². The topological polar surface area (TPSA) is 66.5 Å². The fourth-order valence-electron chi connectivity index (χ4n) is 1.40. The van der Waals surface area contributed by atoms with E-state index in [1.807, 2.05) is 0 Å². The van der Waals surface area contributed by atoms with Gasteiger partial charge in [0, 0.05) is 13.6 Å². The number of benzene rings is 1. The van der Waals surface area contributed by atoms with Crippen molar-refractivity contribution >= 4 is 15.9 Å². The first-order valence-electron chi connectivity index (χ1n) is 5.38. The van der Waals surface area contributed by atoms with Crippen LogP contribution >= 0.6 is 0 Å². The molecule has 7 heteroatoms. The van der Waals surface area contributed by atoms with Crippen molar-refractivity contribution in [2.75, 3.05) is 20.1 Å². The van der Waals surface area contributed by atoms with Crippen molar-refractivity contribution in [2.45, 2.75) is 11.8 Å². The Hall–Kier alpha value is -1.47. The fourth-order valence-corrected chi connectivity index (χ4v) is 2.87. The molecule has 100 valence electrons. The maximum Gasteiger partial charge on any atom is 0.246 e. The third kappa shape index (κ3) is 3.05. The fraction of sp³-hybridized carbons (Fsp3) is 0.364. The zero-order valence-electron chi connectivity index (χ0n) is 10.2. The van der Waals surface area contributed by atoms with Gasteiger partial charge < -0.3 is 5.32 Å². The van der Waals surface area contributed by atoms with E-state index in [0.717, 1.165) is 10.4 Å². The lowest BCUT2D eigenvalue weighted by atomic mass is 10.4. The Balaban J connectivity index is 3.12. The summed E-state index contributed by atoms with van der Waals surface area (Å²) in [6.07, 6.45) is 0. The van der Waals surface area contributed by atoms with E-state index in [1.54, 1.807) is 6.92 Å². The van der Waals surface area contributed by atoms with Crippen LogP contribution in [-0.4, -0.2) is 38.8 Å². The summed E-state index contributed by atoms with van der Waals surface area (Å²) in [5.41, 5.74) is 0. The van der Waals surface area contributed by atoms with Crippen LogP contribution in [-0.2, 0) is 14.8 Å². The molecule has 1 aromatic rings. The van der Waals surface area contributed by atoms with Gasteiger partial charge in [-0.1, -0.05) is 19.1 Å². The van der Waals surface area contributed by atoms with Crippen LogP contribution in [0.25, 0.3) is 0 Å². The van der Waals surface area contributed by atoms with E-state index < -0.39 is 26.6 Å². The highest BCUT2D eigenvalue weighted by atomic mass is 32.2. The summed E-state index contributed by atoms with van der Waals surface area (Å²) in [5.74, 6) is -1.27. The molecule has 5 nitrogen and oxygen atoms in total. The predicted molar refractivity (Wildman–Crippen MR) is 64.9 cm³/mol. The molecule has 0 aliphatic rings. The second kappa shape index (κ2) is 5.92. The van der Waals surface area contributed by atoms with Gasteiger partial charge in [-0.25, -0.2) is 12.8 Å². The molecule has 1 amide bonds. The average Bonchev–Trinajstić information content (AvgIpc) is 2.35. The lowest BCUT2D eigenvalue weighted by Gasteiger charge is -2.19. The monoisotopic (exact) mass is 274 g/mol. The highest BCUT2D eigenvalue weighted by molar-refractivity contribution is 7.89. The molecule has 18 heavy (non-hydrogen) atoms. The number of hydrogen-bond acceptors (Lipinski definition) is 3. The van der Waals surface area contributed by atoms with Crippen molar-refractivity contribution < 1.29 is 17.6 Å². The summed E-state index contributed by atoms with van der Waals surface area (Å²) in [7, 11) is -2.58. The Morgan fingerprint density at radius 1 is 1.39 bits per heavy atom. The van der Waals surface area contributed by atoms with Gasteiger partial charge in [-0.2, -0.15) is 4.31 Å². The van der Waals surface area contributed by atoms with E-state index in [4.69, 9.17) is 0 Å². The maximum absolute atomic E-state index is 13.5. The lowest BCUT2D eigenvalue weighted by Crippen LogP contribution is -2.39. The number of carbonyl (C=O) groups is 1. The Labute approximate surface area is 106 Å². The van der Waals surface area contributed by atoms with E-state index in [0.29, 0.717) is 0 Å². The van der Waals surface area contributed by atoms with E-state index in [2.05, 4.69) is 5.32 Å². The molecule has 0 unspecified atom stereocenters. The van der Waals surface area contributed by atoms with Gasteiger partial charge in [0.1, 0.15) is 10.7 Å². The van der Waals surface area contributed by atoms with Crippen molar-refractivity contribution in [2.24, 2.45) is 0 Å². The molecule has 0 fully saturated rings. The number of likely N-dealkylation sites (N-methyl/N-ethyl adjacent to an activating group) is 2. The Bertz CT molecular complexity index is 531. The van der Waals surface area contributed by atoms with Crippen LogP contribution in [0.5, 0.6) is 0 Å². The van der Waals surface area contributed by atoms with E-state index >= 15 is 0 Å². The maximum atomic E-state index is 13.5. The lowest BCUT2D eigenvalue weighted by molar-refractivity contribution is -0.120. The molecule has 0 aliphatic heterocycles. The van der Waals surface area contributed by atoms with Crippen molar-refractivity contribution in [3.63, 3.8) is 0 Å². The van der Waals surface area contributed by atoms with E-state index in [1.165, 1.54) is 25.2 Å².